The van der Waals surface area contributed by atoms with Crippen molar-refractivity contribution in [1.82, 2.24) is 4.98 Å². The highest BCUT2D eigenvalue weighted by Crippen LogP contribution is 2.37. The number of hydrogen-bond donors (Lipinski definition) is 1. The van der Waals surface area contributed by atoms with E-state index in [4.69, 9.17) is 5.73 Å². The van der Waals surface area contributed by atoms with E-state index in [1.807, 2.05) is 6.07 Å². The highest BCUT2D eigenvalue weighted by atomic mass is 16.1. The van der Waals surface area contributed by atoms with Gasteiger partial charge in [-0.2, -0.15) is 0 Å². The molecule has 3 heteroatoms. The van der Waals surface area contributed by atoms with Crippen LogP contribution in [0, 0.1) is 0 Å². The van der Waals surface area contributed by atoms with Gasteiger partial charge < -0.3 is 5.73 Å². The van der Waals surface area contributed by atoms with E-state index in [2.05, 4.69) is 11.1 Å². The fourth-order valence-corrected chi connectivity index (χ4v) is 3.20. The summed E-state index contributed by atoms with van der Waals surface area (Å²) < 4.78 is 0. The number of Topliss-reactive ketones (excluding diaryl/α,β-unsaturated/α-hetero) is 1. The number of aromatic nitrogens is 1. The molecule has 2 N–H and O–H groups in total. The van der Waals surface area contributed by atoms with Crippen molar-refractivity contribution in [3.8, 4) is 0 Å². The van der Waals surface area contributed by atoms with Gasteiger partial charge in [-0.1, -0.05) is 6.07 Å². The van der Waals surface area contributed by atoms with Crippen LogP contribution >= 0.6 is 0 Å². The van der Waals surface area contributed by atoms with Crippen molar-refractivity contribution in [1.29, 1.82) is 0 Å². The standard InChI is InChI=1S/C15H20N2O/c16-15(7-3-8-15)10-13(18)12-6-1-4-11-5-2-9-17-14(11)12/h2,5,9,12H,1,3-4,6-8,10,16H2. The maximum Gasteiger partial charge on any atom is 0.143 e. The Bertz CT molecular complexity index is 465. The lowest BCUT2D eigenvalue weighted by atomic mass is 9.71. The van der Waals surface area contributed by atoms with Crippen molar-refractivity contribution in [3.05, 3.63) is 29.6 Å². The van der Waals surface area contributed by atoms with Gasteiger partial charge in [-0.15, -0.1) is 0 Å². The van der Waals surface area contributed by atoms with Crippen LogP contribution in [-0.4, -0.2) is 16.3 Å². The molecule has 1 atom stereocenters. The van der Waals surface area contributed by atoms with Crippen LogP contribution in [0.15, 0.2) is 18.3 Å². The lowest BCUT2D eigenvalue weighted by Crippen LogP contribution is -2.48. The SMILES string of the molecule is NC1(CC(=O)C2CCCc3cccnc32)CCC1. The molecule has 0 aromatic carbocycles. The number of aryl methyl sites for hydroxylation is 1. The Balaban J connectivity index is 1.79. The normalized spacial score (nSPS) is 25.1. The molecular weight excluding hydrogens is 224 g/mol. The maximum atomic E-state index is 12.4. The van der Waals surface area contributed by atoms with Crippen LogP contribution in [0.4, 0.5) is 0 Å². The Hall–Kier alpha value is -1.22. The van der Waals surface area contributed by atoms with Gasteiger partial charge in [-0.05, 0) is 50.2 Å². The molecule has 96 valence electrons. The summed E-state index contributed by atoms with van der Waals surface area (Å²) in [5, 5.41) is 0. The molecule has 1 heterocycles. The summed E-state index contributed by atoms with van der Waals surface area (Å²) in [5.74, 6) is 0.299. The third-order valence-corrected chi connectivity index (χ3v) is 4.46. The Morgan fingerprint density at radius 2 is 2.28 bits per heavy atom. The number of fused-ring (bicyclic) bond motifs is 1. The zero-order valence-corrected chi connectivity index (χ0v) is 10.7. The number of carbonyl (C=O) groups excluding carboxylic acids is 1. The zero-order valence-electron chi connectivity index (χ0n) is 10.7. The number of hydrogen-bond acceptors (Lipinski definition) is 3. The minimum Gasteiger partial charge on any atom is -0.325 e. The van der Waals surface area contributed by atoms with E-state index < -0.39 is 0 Å². The van der Waals surface area contributed by atoms with E-state index in [-0.39, 0.29) is 11.5 Å². The molecule has 0 aliphatic heterocycles. The second-order valence-electron chi connectivity index (χ2n) is 5.85. The van der Waals surface area contributed by atoms with Crippen molar-refractivity contribution in [2.45, 2.75) is 56.4 Å². The summed E-state index contributed by atoms with van der Waals surface area (Å²) in [7, 11) is 0. The van der Waals surface area contributed by atoms with Gasteiger partial charge in [-0.25, -0.2) is 0 Å². The first-order valence-electron chi connectivity index (χ1n) is 6.93. The summed E-state index contributed by atoms with van der Waals surface area (Å²) >= 11 is 0. The summed E-state index contributed by atoms with van der Waals surface area (Å²) in [5.41, 5.74) is 8.25. The van der Waals surface area contributed by atoms with Gasteiger partial charge in [0.25, 0.3) is 0 Å². The maximum absolute atomic E-state index is 12.4. The van der Waals surface area contributed by atoms with Crippen LogP contribution in [0.1, 0.15) is 55.7 Å². The van der Waals surface area contributed by atoms with Gasteiger partial charge in [0, 0.05) is 18.2 Å². The molecule has 0 bridgehead atoms. The second-order valence-corrected chi connectivity index (χ2v) is 5.85. The lowest BCUT2D eigenvalue weighted by Gasteiger charge is -2.38. The molecular formula is C15H20N2O. The second kappa shape index (κ2) is 4.47. The molecule has 3 rings (SSSR count). The van der Waals surface area contributed by atoms with Gasteiger partial charge in [0.05, 0.1) is 11.6 Å². The van der Waals surface area contributed by atoms with Crippen LogP contribution < -0.4 is 5.73 Å². The van der Waals surface area contributed by atoms with E-state index in [1.165, 1.54) is 12.0 Å². The van der Waals surface area contributed by atoms with Crippen molar-refractivity contribution < 1.29 is 4.79 Å². The molecule has 2 aliphatic rings. The van der Waals surface area contributed by atoms with E-state index >= 15 is 0 Å². The molecule has 0 spiro atoms. The topological polar surface area (TPSA) is 56.0 Å². The molecule has 1 unspecified atom stereocenters. The van der Waals surface area contributed by atoms with Crippen molar-refractivity contribution in [2.75, 3.05) is 0 Å². The third kappa shape index (κ3) is 2.07. The molecule has 3 nitrogen and oxygen atoms in total. The number of pyridine rings is 1. The zero-order chi connectivity index (χ0) is 12.6. The fourth-order valence-electron chi connectivity index (χ4n) is 3.20. The summed E-state index contributed by atoms with van der Waals surface area (Å²) in [6.45, 7) is 0. The van der Waals surface area contributed by atoms with Crippen LogP contribution in [0.2, 0.25) is 0 Å². The molecule has 0 radical (unpaired) electrons. The molecule has 2 aliphatic carbocycles. The minimum atomic E-state index is -0.205. The van der Waals surface area contributed by atoms with Crippen molar-refractivity contribution >= 4 is 5.78 Å². The summed E-state index contributed by atoms with van der Waals surface area (Å²) in [6.07, 6.45) is 8.59. The van der Waals surface area contributed by atoms with Crippen LogP contribution in [-0.2, 0) is 11.2 Å². The average molecular weight is 244 g/mol. The van der Waals surface area contributed by atoms with Gasteiger partial charge in [0.2, 0.25) is 0 Å². The predicted octanol–water partition coefficient (Wildman–Crippen LogP) is 2.34. The van der Waals surface area contributed by atoms with Crippen molar-refractivity contribution in [3.63, 3.8) is 0 Å². The molecule has 1 aromatic heterocycles. The van der Waals surface area contributed by atoms with Crippen LogP contribution in [0.3, 0.4) is 0 Å². The number of ketones is 1. The molecule has 0 saturated heterocycles. The van der Waals surface area contributed by atoms with Gasteiger partial charge >= 0.3 is 0 Å². The largest absolute Gasteiger partial charge is 0.325 e. The summed E-state index contributed by atoms with van der Waals surface area (Å²) in [4.78, 5) is 16.9. The van der Waals surface area contributed by atoms with Crippen LogP contribution in [0.5, 0.6) is 0 Å². The molecule has 1 fully saturated rings. The van der Waals surface area contributed by atoms with Crippen molar-refractivity contribution in [2.24, 2.45) is 5.73 Å². The molecule has 0 amide bonds. The Morgan fingerprint density at radius 1 is 1.44 bits per heavy atom. The third-order valence-electron chi connectivity index (χ3n) is 4.46. The quantitative estimate of drug-likeness (QED) is 0.888. The van der Waals surface area contributed by atoms with E-state index in [0.717, 1.165) is 37.8 Å². The van der Waals surface area contributed by atoms with E-state index in [9.17, 15) is 4.79 Å². The Labute approximate surface area is 108 Å². The van der Waals surface area contributed by atoms with E-state index in [1.54, 1.807) is 6.20 Å². The molecule has 1 aromatic rings. The average Bonchev–Trinajstić information content (AvgIpc) is 2.36. The highest BCUT2D eigenvalue weighted by Gasteiger charge is 2.38. The monoisotopic (exact) mass is 244 g/mol. The first-order valence-corrected chi connectivity index (χ1v) is 6.93. The highest BCUT2D eigenvalue weighted by molar-refractivity contribution is 5.87. The fraction of sp³-hybridized carbons (Fsp3) is 0.600. The van der Waals surface area contributed by atoms with Gasteiger partial charge in [-0.3, -0.25) is 9.78 Å². The van der Waals surface area contributed by atoms with E-state index in [0.29, 0.717) is 12.2 Å². The number of rotatable bonds is 3. The first-order chi connectivity index (χ1) is 8.68. The number of nitrogens with zero attached hydrogens (tertiary/aromatic N) is 1. The Morgan fingerprint density at radius 3 is 3.00 bits per heavy atom. The minimum absolute atomic E-state index is 0.00373. The number of carbonyl (C=O) groups is 1. The predicted molar refractivity (Wildman–Crippen MR) is 70.3 cm³/mol. The molecule has 1 saturated carbocycles. The lowest BCUT2D eigenvalue weighted by molar-refractivity contribution is -0.122. The smallest absolute Gasteiger partial charge is 0.143 e. The Kier molecular flexibility index (Phi) is 2.94. The molecule has 18 heavy (non-hydrogen) atoms. The van der Waals surface area contributed by atoms with Crippen LogP contribution in [0.25, 0.3) is 0 Å². The van der Waals surface area contributed by atoms with Gasteiger partial charge in [0.15, 0.2) is 0 Å². The summed E-state index contributed by atoms with van der Waals surface area (Å²) in [6, 6.07) is 4.06. The van der Waals surface area contributed by atoms with Gasteiger partial charge in [0.1, 0.15) is 5.78 Å². The first kappa shape index (κ1) is 11.8. The number of nitrogens with two attached hydrogens (primary N) is 1.